The first-order chi connectivity index (χ1) is 10.5. The van der Waals surface area contributed by atoms with Crippen LogP contribution in [0.3, 0.4) is 0 Å². The van der Waals surface area contributed by atoms with Crippen LogP contribution in [-0.2, 0) is 0 Å². The molecule has 7 heteroatoms. The van der Waals surface area contributed by atoms with Gasteiger partial charge in [0.1, 0.15) is 0 Å². The van der Waals surface area contributed by atoms with Crippen molar-refractivity contribution in [1.29, 1.82) is 0 Å². The fraction of sp³-hybridized carbons (Fsp3) is 0.133. The van der Waals surface area contributed by atoms with E-state index < -0.39 is 0 Å². The lowest BCUT2D eigenvalue weighted by atomic mass is 10.1. The topological polar surface area (TPSA) is 80.9 Å². The summed E-state index contributed by atoms with van der Waals surface area (Å²) in [5.41, 5.74) is 8.95. The first-order valence-electron chi connectivity index (χ1n) is 6.60. The van der Waals surface area contributed by atoms with Crippen molar-refractivity contribution in [2.24, 2.45) is 0 Å². The summed E-state index contributed by atoms with van der Waals surface area (Å²) in [6.07, 6.45) is 0. The molecule has 1 amide bonds. The number of thiazole rings is 2. The molecule has 22 heavy (non-hydrogen) atoms. The second-order valence-corrected chi connectivity index (χ2v) is 6.72. The summed E-state index contributed by atoms with van der Waals surface area (Å²) in [7, 11) is 0. The Hall–Kier alpha value is -2.25. The van der Waals surface area contributed by atoms with Crippen molar-refractivity contribution in [2.75, 3.05) is 11.1 Å². The Morgan fingerprint density at radius 3 is 2.77 bits per heavy atom. The first-order valence-corrected chi connectivity index (χ1v) is 8.29. The van der Waals surface area contributed by atoms with Gasteiger partial charge < -0.3 is 5.73 Å². The van der Waals surface area contributed by atoms with Gasteiger partial charge in [-0.25, -0.2) is 9.97 Å². The van der Waals surface area contributed by atoms with Crippen molar-refractivity contribution >= 4 is 38.8 Å². The zero-order valence-electron chi connectivity index (χ0n) is 12.1. The number of benzene rings is 1. The number of amides is 1. The van der Waals surface area contributed by atoms with Crippen LogP contribution >= 0.6 is 22.7 Å². The predicted octanol–water partition coefficient (Wildman–Crippen LogP) is 3.72. The van der Waals surface area contributed by atoms with Crippen LogP contribution in [0.5, 0.6) is 0 Å². The van der Waals surface area contributed by atoms with E-state index in [0.717, 1.165) is 21.8 Å². The van der Waals surface area contributed by atoms with Gasteiger partial charge in [0.2, 0.25) is 0 Å². The normalized spacial score (nSPS) is 10.6. The monoisotopic (exact) mass is 330 g/mol. The molecule has 2 aromatic heterocycles. The third-order valence-corrected chi connectivity index (χ3v) is 4.82. The summed E-state index contributed by atoms with van der Waals surface area (Å²) in [6, 6.07) is 7.44. The number of carbonyl (C=O) groups excluding carboxylic acids is 1. The molecule has 112 valence electrons. The van der Waals surface area contributed by atoms with E-state index in [2.05, 4.69) is 15.3 Å². The molecule has 3 aromatic rings. The molecular weight excluding hydrogens is 316 g/mol. The number of nitrogens with zero attached hydrogens (tertiary/aromatic N) is 2. The maximum absolute atomic E-state index is 12.2. The molecule has 0 spiro atoms. The smallest absolute Gasteiger partial charge is 0.257 e. The van der Waals surface area contributed by atoms with Gasteiger partial charge in [0, 0.05) is 10.9 Å². The first kappa shape index (κ1) is 14.7. The van der Waals surface area contributed by atoms with Crippen molar-refractivity contribution in [1.82, 2.24) is 9.97 Å². The summed E-state index contributed by atoms with van der Waals surface area (Å²) in [6.45, 7) is 3.85. The average Bonchev–Trinajstić information content (AvgIpc) is 3.05. The fourth-order valence-electron chi connectivity index (χ4n) is 2.04. The molecule has 3 N–H and O–H groups in total. The van der Waals surface area contributed by atoms with Crippen LogP contribution in [0.4, 0.5) is 10.3 Å². The Morgan fingerprint density at radius 2 is 2.09 bits per heavy atom. The van der Waals surface area contributed by atoms with Crippen molar-refractivity contribution in [3.8, 4) is 10.6 Å². The molecular formula is C15H14N4OS2. The third-order valence-electron chi connectivity index (χ3n) is 3.05. The largest absolute Gasteiger partial charge is 0.375 e. The summed E-state index contributed by atoms with van der Waals surface area (Å²) < 4.78 is 0. The Morgan fingerprint density at radius 1 is 1.27 bits per heavy atom. The molecule has 0 aliphatic carbocycles. The predicted molar refractivity (Wildman–Crippen MR) is 91.5 cm³/mol. The standard InChI is InChI=1S/C15H14N4OS2/c1-8-4-3-5-10(6-8)13(20)19-15-17-9(2)12(22-15)11-7-21-14(16)18-11/h3-7H,1-2H3,(H2,16,18)(H,17,19,20). The molecule has 0 aliphatic heterocycles. The van der Waals surface area contributed by atoms with Crippen molar-refractivity contribution < 1.29 is 4.79 Å². The molecule has 0 bridgehead atoms. The highest BCUT2D eigenvalue weighted by Crippen LogP contribution is 2.33. The number of rotatable bonds is 3. The minimum Gasteiger partial charge on any atom is -0.375 e. The number of nitrogen functional groups attached to an aromatic ring is 1. The van der Waals surface area contributed by atoms with E-state index in [1.54, 1.807) is 6.07 Å². The van der Waals surface area contributed by atoms with Crippen LogP contribution in [-0.4, -0.2) is 15.9 Å². The van der Waals surface area contributed by atoms with Crippen molar-refractivity contribution in [2.45, 2.75) is 13.8 Å². The SMILES string of the molecule is Cc1cccc(C(=O)Nc2nc(C)c(-c3csc(N)n3)s2)c1. The molecule has 3 rings (SSSR count). The van der Waals surface area contributed by atoms with E-state index in [1.165, 1.54) is 22.7 Å². The Labute approximate surface area is 135 Å². The molecule has 0 atom stereocenters. The minimum atomic E-state index is -0.165. The van der Waals surface area contributed by atoms with E-state index in [9.17, 15) is 4.79 Å². The number of anilines is 2. The highest BCUT2D eigenvalue weighted by molar-refractivity contribution is 7.19. The number of nitrogens with one attached hydrogen (secondary N) is 1. The highest BCUT2D eigenvalue weighted by atomic mass is 32.1. The maximum atomic E-state index is 12.2. The second kappa shape index (κ2) is 5.86. The molecule has 0 saturated heterocycles. The zero-order chi connectivity index (χ0) is 15.7. The quantitative estimate of drug-likeness (QED) is 0.767. The lowest BCUT2D eigenvalue weighted by Gasteiger charge is -2.02. The average molecular weight is 330 g/mol. The number of aryl methyl sites for hydroxylation is 2. The van der Waals surface area contributed by atoms with Gasteiger partial charge in [0.05, 0.1) is 16.3 Å². The maximum Gasteiger partial charge on any atom is 0.257 e. The van der Waals surface area contributed by atoms with Crippen LogP contribution in [0.25, 0.3) is 10.6 Å². The van der Waals surface area contributed by atoms with E-state index in [-0.39, 0.29) is 5.91 Å². The summed E-state index contributed by atoms with van der Waals surface area (Å²) >= 11 is 2.79. The van der Waals surface area contributed by atoms with Gasteiger partial charge in [0.25, 0.3) is 5.91 Å². The van der Waals surface area contributed by atoms with Crippen LogP contribution < -0.4 is 11.1 Å². The number of carbonyl (C=O) groups is 1. The highest BCUT2D eigenvalue weighted by Gasteiger charge is 2.15. The van der Waals surface area contributed by atoms with Crippen LogP contribution in [0.15, 0.2) is 29.6 Å². The van der Waals surface area contributed by atoms with Gasteiger partial charge in [-0.1, -0.05) is 29.0 Å². The molecule has 0 radical (unpaired) electrons. The van der Waals surface area contributed by atoms with Gasteiger partial charge in [-0.3, -0.25) is 10.1 Å². The number of nitrogens with two attached hydrogens (primary N) is 1. The number of aromatic nitrogens is 2. The van der Waals surface area contributed by atoms with Crippen molar-refractivity contribution in [3.05, 3.63) is 46.5 Å². The number of hydrogen-bond donors (Lipinski definition) is 2. The van der Waals surface area contributed by atoms with Crippen LogP contribution in [0.2, 0.25) is 0 Å². The Bertz CT molecular complexity index is 838. The molecule has 0 aliphatic rings. The molecule has 1 aromatic carbocycles. The Balaban J connectivity index is 1.83. The summed E-state index contributed by atoms with van der Waals surface area (Å²) in [5.74, 6) is -0.165. The van der Waals surface area contributed by atoms with Crippen molar-refractivity contribution in [3.63, 3.8) is 0 Å². The molecule has 0 saturated carbocycles. The van der Waals surface area contributed by atoms with Crippen LogP contribution in [0, 0.1) is 13.8 Å². The van der Waals surface area contributed by atoms with E-state index in [1.807, 2.05) is 37.4 Å². The minimum absolute atomic E-state index is 0.165. The van der Waals surface area contributed by atoms with Gasteiger partial charge >= 0.3 is 0 Å². The molecule has 0 fully saturated rings. The number of hydrogen-bond acceptors (Lipinski definition) is 6. The molecule has 2 heterocycles. The van der Waals surface area contributed by atoms with Crippen LogP contribution in [0.1, 0.15) is 21.6 Å². The summed E-state index contributed by atoms with van der Waals surface area (Å²) in [5, 5.41) is 5.81. The fourth-order valence-corrected chi connectivity index (χ4v) is 3.59. The zero-order valence-corrected chi connectivity index (χ0v) is 13.7. The third kappa shape index (κ3) is 3.00. The molecule has 5 nitrogen and oxygen atoms in total. The van der Waals surface area contributed by atoms with E-state index in [0.29, 0.717) is 15.8 Å². The van der Waals surface area contributed by atoms with Gasteiger partial charge in [0.15, 0.2) is 10.3 Å². The van der Waals surface area contributed by atoms with E-state index >= 15 is 0 Å². The van der Waals surface area contributed by atoms with Gasteiger partial charge in [-0.05, 0) is 26.0 Å². The summed E-state index contributed by atoms with van der Waals surface area (Å²) in [4.78, 5) is 21.8. The van der Waals surface area contributed by atoms with Gasteiger partial charge in [-0.15, -0.1) is 11.3 Å². The lowest BCUT2D eigenvalue weighted by molar-refractivity contribution is 0.102. The molecule has 0 unspecified atom stereocenters. The lowest BCUT2D eigenvalue weighted by Crippen LogP contribution is -2.11. The second-order valence-electron chi connectivity index (χ2n) is 4.83. The Kier molecular flexibility index (Phi) is 3.91. The van der Waals surface area contributed by atoms with Gasteiger partial charge in [-0.2, -0.15) is 0 Å². The van der Waals surface area contributed by atoms with E-state index in [4.69, 9.17) is 5.73 Å².